The van der Waals surface area contributed by atoms with Crippen molar-refractivity contribution < 1.29 is 14.6 Å². The lowest BCUT2D eigenvalue weighted by atomic mass is 9.82. The second kappa shape index (κ2) is 6.78. The summed E-state index contributed by atoms with van der Waals surface area (Å²) < 4.78 is 5.49. The highest BCUT2D eigenvalue weighted by Crippen LogP contribution is 2.38. The Labute approximate surface area is 121 Å². The average molecular weight is 276 g/mol. The predicted octanol–water partition coefficient (Wildman–Crippen LogP) is 4.01. The topological polar surface area (TPSA) is 46.5 Å². The molecule has 0 radical (unpaired) electrons. The quantitative estimate of drug-likeness (QED) is 0.884. The van der Waals surface area contributed by atoms with Crippen molar-refractivity contribution in [2.75, 3.05) is 7.11 Å². The van der Waals surface area contributed by atoms with Gasteiger partial charge in [-0.2, -0.15) is 0 Å². The standard InChI is InChI=1S/C17H24O3/c1-12(17(18)19)10-13-8-9-16(20-2)15(11-13)14-6-4-3-5-7-14/h8-9,11-12,14H,3-7,10H2,1-2H3,(H,18,19). The highest BCUT2D eigenvalue weighted by atomic mass is 16.5. The zero-order valence-corrected chi connectivity index (χ0v) is 12.4. The average Bonchev–Trinajstić information content (AvgIpc) is 2.48. The van der Waals surface area contributed by atoms with Crippen molar-refractivity contribution in [3.8, 4) is 5.75 Å². The predicted molar refractivity (Wildman–Crippen MR) is 79.3 cm³/mol. The third-order valence-electron chi connectivity index (χ3n) is 4.30. The molecule has 20 heavy (non-hydrogen) atoms. The molecule has 0 bridgehead atoms. The maximum absolute atomic E-state index is 11.0. The lowest BCUT2D eigenvalue weighted by molar-refractivity contribution is -0.141. The minimum absolute atomic E-state index is 0.345. The summed E-state index contributed by atoms with van der Waals surface area (Å²) in [5.41, 5.74) is 2.36. The number of carbonyl (C=O) groups is 1. The van der Waals surface area contributed by atoms with Crippen LogP contribution < -0.4 is 4.74 Å². The third-order valence-corrected chi connectivity index (χ3v) is 4.30. The Morgan fingerprint density at radius 1 is 1.35 bits per heavy atom. The van der Waals surface area contributed by atoms with Crippen LogP contribution in [-0.2, 0) is 11.2 Å². The van der Waals surface area contributed by atoms with Crippen LogP contribution in [0.5, 0.6) is 5.75 Å². The SMILES string of the molecule is COc1ccc(CC(C)C(=O)O)cc1C1CCCCC1. The summed E-state index contributed by atoms with van der Waals surface area (Å²) in [4.78, 5) is 11.0. The van der Waals surface area contributed by atoms with Gasteiger partial charge in [-0.25, -0.2) is 0 Å². The van der Waals surface area contributed by atoms with E-state index in [2.05, 4.69) is 6.07 Å². The first-order valence-corrected chi connectivity index (χ1v) is 7.51. The van der Waals surface area contributed by atoms with Crippen LogP contribution in [0.4, 0.5) is 0 Å². The molecule has 1 atom stereocenters. The molecule has 0 heterocycles. The van der Waals surface area contributed by atoms with Gasteiger partial charge in [-0.15, -0.1) is 0 Å². The summed E-state index contributed by atoms with van der Waals surface area (Å²) in [6, 6.07) is 6.15. The number of ether oxygens (including phenoxy) is 1. The van der Waals surface area contributed by atoms with Gasteiger partial charge in [0.25, 0.3) is 0 Å². The van der Waals surface area contributed by atoms with Gasteiger partial charge >= 0.3 is 5.97 Å². The minimum atomic E-state index is -0.736. The van der Waals surface area contributed by atoms with E-state index in [9.17, 15) is 4.79 Å². The van der Waals surface area contributed by atoms with Crippen molar-refractivity contribution in [1.29, 1.82) is 0 Å². The van der Waals surface area contributed by atoms with Crippen molar-refractivity contribution in [1.82, 2.24) is 0 Å². The number of rotatable bonds is 5. The van der Waals surface area contributed by atoms with E-state index < -0.39 is 5.97 Å². The number of hydrogen-bond donors (Lipinski definition) is 1. The molecule has 3 nitrogen and oxygen atoms in total. The lowest BCUT2D eigenvalue weighted by Crippen LogP contribution is -2.13. The van der Waals surface area contributed by atoms with E-state index >= 15 is 0 Å². The Balaban J connectivity index is 2.21. The zero-order chi connectivity index (χ0) is 14.5. The van der Waals surface area contributed by atoms with E-state index in [1.165, 1.54) is 37.7 Å². The van der Waals surface area contributed by atoms with Crippen molar-refractivity contribution in [3.63, 3.8) is 0 Å². The first-order valence-electron chi connectivity index (χ1n) is 7.51. The molecule has 0 amide bonds. The molecule has 110 valence electrons. The normalized spacial score (nSPS) is 17.7. The van der Waals surface area contributed by atoms with Gasteiger partial charge in [-0.1, -0.05) is 38.3 Å². The third kappa shape index (κ3) is 3.53. The van der Waals surface area contributed by atoms with Crippen LogP contribution in [0.25, 0.3) is 0 Å². The monoisotopic (exact) mass is 276 g/mol. The molecule has 1 saturated carbocycles. The molecule has 1 aliphatic carbocycles. The number of benzene rings is 1. The summed E-state index contributed by atoms with van der Waals surface area (Å²) in [5.74, 6) is 0.435. The second-order valence-corrected chi connectivity index (χ2v) is 5.85. The van der Waals surface area contributed by atoms with Gasteiger partial charge in [-0.05, 0) is 42.4 Å². The van der Waals surface area contributed by atoms with Crippen LogP contribution in [0.1, 0.15) is 56.1 Å². The fourth-order valence-corrected chi connectivity index (χ4v) is 3.08. The fraction of sp³-hybridized carbons (Fsp3) is 0.588. The Bertz CT molecular complexity index is 461. The first kappa shape index (κ1) is 14.9. The van der Waals surface area contributed by atoms with Crippen LogP contribution in [0.15, 0.2) is 18.2 Å². The molecule has 2 rings (SSSR count). The van der Waals surface area contributed by atoms with E-state index in [1.54, 1.807) is 14.0 Å². The Kier molecular flexibility index (Phi) is 5.05. The summed E-state index contributed by atoms with van der Waals surface area (Å²) in [5, 5.41) is 9.04. The smallest absolute Gasteiger partial charge is 0.306 e. The first-order chi connectivity index (χ1) is 9.61. The zero-order valence-electron chi connectivity index (χ0n) is 12.4. The maximum atomic E-state index is 11.0. The van der Waals surface area contributed by atoms with Crippen molar-refractivity contribution in [3.05, 3.63) is 29.3 Å². The van der Waals surface area contributed by atoms with Crippen molar-refractivity contribution >= 4 is 5.97 Å². The highest BCUT2D eigenvalue weighted by molar-refractivity contribution is 5.69. The Morgan fingerprint density at radius 3 is 2.65 bits per heavy atom. The summed E-state index contributed by atoms with van der Waals surface area (Å²) in [7, 11) is 1.71. The Morgan fingerprint density at radius 2 is 2.05 bits per heavy atom. The molecule has 0 aliphatic heterocycles. The number of carboxylic acid groups (broad SMARTS) is 1. The van der Waals surface area contributed by atoms with Gasteiger partial charge in [-0.3, -0.25) is 4.79 Å². The number of carboxylic acids is 1. The molecule has 0 aromatic heterocycles. The van der Waals surface area contributed by atoms with Gasteiger partial charge < -0.3 is 9.84 Å². The molecule has 3 heteroatoms. The van der Waals surface area contributed by atoms with Gasteiger partial charge in [0.2, 0.25) is 0 Å². The number of methoxy groups -OCH3 is 1. The van der Waals surface area contributed by atoms with Crippen LogP contribution in [0.3, 0.4) is 0 Å². The summed E-state index contributed by atoms with van der Waals surface area (Å²) >= 11 is 0. The molecular formula is C17H24O3. The van der Waals surface area contributed by atoms with Gasteiger partial charge in [0, 0.05) is 0 Å². The summed E-state index contributed by atoms with van der Waals surface area (Å²) in [6.45, 7) is 1.76. The second-order valence-electron chi connectivity index (χ2n) is 5.85. The van der Waals surface area contributed by atoms with E-state index in [1.807, 2.05) is 12.1 Å². The molecule has 1 fully saturated rings. The lowest BCUT2D eigenvalue weighted by Gasteiger charge is -2.24. The summed E-state index contributed by atoms with van der Waals surface area (Å²) in [6.07, 6.45) is 6.91. The minimum Gasteiger partial charge on any atom is -0.496 e. The molecule has 0 saturated heterocycles. The highest BCUT2D eigenvalue weighted by Gasteiger charge is 2.20. The van der Waals surface area contributed by atoms with E-state index in [-0.39, 0.29) is 5.92 Å². The Hall–Kier alpha value is -1.51. The molecule has 1 aromatic carbocycles. The maximum Gasteiger partial charge on any atom is 0.306 e. The van der Waals surface area contributed by atoms with Gasteiger partial charge in [0.1, 0.15) is 5.75 Å². The van der Waals surface area contributed by atoms with Crippen LogP contribution >= 0.6 is 0 Å². The van der Waals surface area contributed by atoms with Gasteiger partial charge in [0.15, 0.2) is 0 Å². The van der Waals surface area contributed by atoms with E-state index in [0.29, 0.717) is 12.3 Å². The van der Waals surface area contributed by atoms with Crippen molar-refractivity contribution in [2.24, 2.45) is 5.92 Å². The van der Waals surface area contributed by atoms with E-state index in [4.69, 9.17) is 9.84 Å². The van der Waals surface area contributed by atoms with Crippen LogP contribution in [0.2, 0.25) is 0 Å². The van der Waals surface area contributed by atoms with E-state index in [0.717, 1.165) is 11.3 Å². The van der Waals surface area contributed by atoms with Crippen molar-refractivity contribution in [2.45, 2.75) is 51.4 Å². The molecule has 1 N–H and O–H groups in total. The number of hydrogen-bond acceptors (Lipinski definition) is 2. The van der Waals surface area contributed by atoms with Crippen LogP contribution in [-0.4, -0.2) is 18.2 Å². The molecular weight excluding hydrogens is 252 g/mol. The molecule has 1 aromatic rings. The largest absolute Gasteiger partial charge is 0.496 e. The fourth-order valence-electron chi connectivity index (χ4n) is 3.08. The number of aliphatic carboxylic acids is 1. The van der Waals surface area contributed by atoms with Gasteiger partial charge in [0.05, 0.1) is 13.0 Å². The molecule has 1 aliphatic rings. The van der Waals surface area contributed by atoms with Crippen LogP contribution in [0, 0.1) is 5.92 Å². The molecule has 0 spiro atoms. The molecule has 1 unspecified atom stereocenters.